The van der Waals surface area contributed by atoms with Crippen LogP contribution in [0.25, 0.3) is 0 Å². The van der Waals surface area contributed by atoms with E-state index >= 15 is 0 Å². The van der Waals surface area contributed by atoms with Gasteiger partial charge in [-0.25, -0.2) is 0 Å². The first kappa shape index (κ1) is 16.5. The van der Waals surface area contributed by atoms with Crippen LogP contribution >= 0.6 is 0 Å². The Bertz CT molecular complexity index is 432. The lowest BCUT2D eigenvalue weighted by atomic mass is 9.97. The standard InChI is InChI=1S/C16H27N3O/c1-16(2,3)18-15(20)13(11-17)10-12-6-8-14(9-7-12)19(4)5/h6-9,13H,10-11,17H2,1-5H3,(H,18,20). The molecule has 112 valence electrons. The van der Waals surface area contributed by atoms with Gasteiger partial charge in [-0.1, -0.05) is 12.1 Å². The number of benzene rings is 1. The van der Waals surface area contributed by atoms with Crippen molar-refractivity contribution in [2.45, 2.75) is 32.7 Å². The largest absolute Gasteiger partial charge is 0.378 e. The van der Waals surface area contributed by atoms with Gasteiger partial charge in [0.2, 0.25) is 5.91 Å². The zero-order chi connectivity index (χ0) is 15.3. The normalized spacial score (nSPS) is 12.9. The Balaban J connectivity index is 2.71. The molecule has 1 aromatic rings. The van der Waals surface area contributed by atoms with Gasteiger partial charge in [-0.3, -0.25) is 4.79 Å². The lowest BCUT2D eigenvalue weighted by molar-refractivity contribution is -0.126. The topological polar surface area (TPSA) is 58.4 Å². The fraction of sp³-hybridized carbons (Fsp3) is 0.562. The summed E-state index contributed by atoms with van der Waals surface area (Å²) in [6.45, 7) is 6.29. The molecule has 1 amide bonds. The average molecular weight is 277 g/mol. The third-order valence-electron chi connectivity index (χ3n) is 3.09. The lowest BCUT2D eigenvalue weighted by Gasteiger charge is -2.24. The molecule has 0 aliphatic heterocycles. The fourth-order valence-electron chi connectivity index (χ4n) is 1.97. The van der Waals surface area contributed by atoms with Gasteiger partial charge in [0.25, 0.3) is 0 Å². The maximum absolute atomic E-state index is 12.2. The molecule has 0 aliphatic carbocycles. The molecule has 0 aromatic heterocycles. The number of carbonyl (C=O) groups excluding carboxylic acids is 1. The molecule has 1 atom stereocenters. The van der Waals surface area contributed by atoms with Gasteiger partial charge >= 0.3 is 0 Å². The van der Waals surface area contributed by atoms with Gasteiger partial charge in [0.15, 0.2) is 0 Å². The van der Waals surface area contributed by atoms with E-state index in [-0.39, 0.29) is 17.4 Å². The van der Waals surface area contributed by atoms with Crippen LogP contribution in [0.3, 0.4) is 0 Å². The van der Waals surface area contributed by atoms with Crippen molar-refractivity contribution in [3.05, 3.63) is 29.8 Å². The Morgan fingerprint density at radius 3 is 2.20 bits per heavy atom. The van der Waals surface area contributed by atoms with Gasteiger partial charge in [0.05, 0.1) is 5.92 Å². The van der Waals surface area contributed by atoms with Crippen molar-refractivity contribution < 1.29 is 4.79 Å². The van der Waals surface area contributed by atoms with E-state index in [1.165, 1.54) is 0 Å². The number of rotatable bonds is 5. The molecule has 0 bridgehead atoms. The summed E-state index contributed by atoms with van der Waals surface area (Å²) in [5.41, 5.74) is 7.81. The van der Waals surface area contributed by atoms with Crippen LogP contribution in [0.5, 0.6) is 0 Å². The maximum atomic E-state index is 12.2. The minimum atomic E-state index is -0.223. The van der Waals surface area contributed by atoms with E-state index in [9.17, 15) is 4.79 Å². The summed E-state index contributed by atoms with van der Waals surface area (Å²) < 4.78 is 0. The number of hydrogen-bond acceptors (Lipinski definition) is 3. The molecule has 3 N–H and O–H groups in total. The Morgan fingerprint density at radius 2 is 1.80 bits per heavy atom. The molecule has 0 saturated carbocycles. The number of amides is 1. The lowest BCUT2D eigenvalue weighted by Crippen LogP contribution is -2.46. The van der Waals surface area contributed by atoms with Crippen LogP contribution in [0.15, 0.2) is 24.3 Å². The first-order valence-corrected chi connectivity index (χ1v) is 7.01. The summed E-state index contributed by atoms with van der Waals surface area (Å²) in [6.07, 6.45) is 0.673. The van der Waals surface area contributed by atoms with Gasteiger partial charge in [-0.05, 0) is 44.9 Å². The molecule has 1 unspecified atom stereocenters. The van der Waals surface area contributed by atoms with Crippen LogP contribution in [-0.2, 0) is 11.2 Å². The molecular weight excluding hydrogens is 250 g/mol. The molecule has 20 heavy (non-hydrogen) atoms. The van der Waals surface area contributed by atoms with Gasteiger partial charge in [0, 0.05) is 31.9 Å². The summed E-state index contributed by atoms with van der Waals surface area (Å²) in [7, 11) is 4.02. The van der Waals surface area contributed by atoms with Gasteiger partial charge in [-0.2, -0.15) is 0 Å². The van der Waals surface area contributed by atoms with E-state index in [2.05, 4.69) is 34.5 Å². The highest BCUT2D eigenvalue weighted by Gasteiger charge is 2.21. The Hall–Kier alpha value is -1.55. The van der Waals surface area contributed by atoms with Crippen LogP contribution < -0.4 is 16.0 Å². The third kappa shape index (κ3) is 5.21. The number of hydrogen-bond donors (Lipinski definition) is 2. The molecule has 0 radical (unpaired) electrons. The molecule has 0 fully saturated rings. The van der Waals surface area contributed by atoms with E-state index in [0.717, 1.165) is 11.3 Å². The number of carbonyl (C=O) groups is 1. The zero-order valence-corrected chi connectivity index (χ0v) is 13.2. The van der Waals surface area contributed by atoms with E-state index in [0.29, 0.717) is 13.0 Å². The summed E-state index contributed by atoms with van der Waals surface area (Å²) >= 11 is 0. The predicted octanol–water partition coefficient (Wildman–Crippen LogP) is 1.78. The van der Waals surface area contributed by atoms with Crippen molar-refractivity contribution >= 4 is 11.6 Å². The number of nitrogens with one attached hydrogen (secondary N) is 1. The van der Waals surface area contributed by atoms with Crippen molar-refractivity contribution in [1.82, 2.24) is 5.32 Å². The molecular formula is C16H27N3O. The fourth-order valence-corrected chi connectivity index (χ4v) is 1.97. The SMILES string of the molecule is CN(C)c1ccc(CC(CN)C(=O)NC(C)(C)C)cc1. The monoisotopic (exact) mass is 277 g/mol. The van der Waals surface area contributed by atoms with Crippen LogP contribution in [0.1, 0.15) is 26.3 Å². The highest BCUT2D eigenvalue weighted by Crippen LogP contribution is 2.15. The molecule has 0 saturated heterocycles. The summed E-state index contributed by atoms with van der Waals surface area (Å²) in [4.78, 5) is 14.2. The first-order valence-electron chi connectivity index (χ1n) is 7.01. The third-order valence-corrected chi connectivity index (χ3v) is 3.09. The molecule has 0 aliphatic rings. The van der Waals surface area contributed by atoms with Crippen molar-refractivity contribution in [2.75, 3.05) is 25.5 Å². The Labute approximate surface area is 122 Å². The van der Waals surface area contributed by atoms with E-state index < -0.39 is 0 Å². The Kier molecular flexibility index (Phi) is 5.57. The molecule has 4 nitrogen and oxygen atoms in total. The molecule has 0 spiro atoms. The highest BCUT2D eigenvalue weighted by molar-refractivity contribution is 5.79. The Morgan fingerprint density at radius 1 is 1.25 bits per heavy atom. The van der Waals surface area contributed by atoms with Crippen LogP contribution in [0.2, 0.25) is 0 Å². The summed E-state index contributed by atoms with van der Waals surface area (Å²) in [6, 6.07) is 8.24. The smallest absolute Gasteiger partial charge is 0.225 e. The van der Waals surface area contributed by atoms with Gasteiger partial charge in [-0.15, -0.1) is 0 Å². The van der Waals surface area contributed by atoms with E-state index in [1.807, 2.05) is 34.9 Å². The van der Waals surface area contributed by atoms with Crippen molar-refractivity contribution in [2.24, 2.45) is 11.7 Å². The number of nitrogens with two attached hydrogens (primary N) is 1. The van der Waals surface area contributed by atoms with Gasteiger partial charge in [0.1, 0.15) is 0 Å². The maximum Gasteiger partial charge on any atom is 0.225 e. The second-order valence-electron chi connectivity index (χ2n) is 6.44. The second kappa shape index (κ2) is 6.75. The van der Waals surface area contributed by atoms with Crippen LogP contribution in [0, 0.1) is 5.92 Å². The molecule has 1 aromatic carbocycles. The van der Waals surface area contributed by atoms with Crippen molar-refractivity contribution in [3.8, 4) is 0 Å². The van der Waals surface area contributed by atoms with Crippen molar-refractivity contribution in [1.29, 1.82) is 0 Å². The van der Waals surface area contributed by atoms with Crippen LogP contribution in [-0.4, -0.2) is 32.1 Å². The first-order chi connectivity index (χ1) is 9.23. The van der Waals surface area contributed by atoms with E-state index in [1.54, 1.807) is 0 Å². The van der Waals surface area contributed by atoms with Crippen molar-refractivity contribution in [3.63, 3.8) is 0 Å². The highest BCUT2D eigenvalue weighted by atomic mass is 16.2. The summed E-state index contributed by atoms with van der Waals surface area (Å²) in [5.74, 6) is -0.156. The quantitative estimate of drug-likeness (QED) is 0.862. The summed E-state index contributed by atoms with van der Waals surface area (Å²) in [5, 5.41) is 2.99. The molecule has 4 heteroatoms. The number of nitrogens with zero attached hydrogens (tertiary/aromatic N) is 1. The van der Waals surface area contributed by atoms with Gasteiger partial charge < -0.3 is 16.0 Å². The average Bonchev–Trinajstić information content (AvgIpc) is 2.34. The second-order valence-corrected chi connectivity index (χ2v) is 6.44. The molecule has 0 heterocycles. The zero-order valence-electron chi connectivity index (χ0n) is 13.2. The minimum absolute atomic E-state index is 0.0247. The van der Waals surface area contributed by atoms with Crippen LogP contribution in [0.4, 0.5) is 5.69 Å². The molecule has 1 rings (SSSR count). The predicted molar refractivity (Wildman–Crippen MR) is 84.9 cm³/mol. The van der Waals surface area contributed by atoms with E-state index in [4.69, 9.17) is 5.73 Å². The minimum Gasteiger partial charge on any atom is -0.378 e. The number of anilines is 1.